The van der Waals surface area contributed by atoms with Gasteiger partial charge in [-0.15, -0.1) is 0 Å². The third-order valence-electron chi connectivity index (χ3n) is 6.16. The Morgan fingerprint density at radius 3 is 2.17 bits per heavy atom. The lowest BCUT2D eigenvalue weighted by atomic mass is 9.86. The van der Waals surface area contributed by atoms with E-state index in [1.807, 2.05) is 0 Å². The highest BCUT2D eigenvalue weighted by Gasteiger charge is 2.15. The fraction of sp³-hybridized carbons (Fsp3) is 0.379. The van der Waals surface area contributed by atoms with Crippen molar-refractivity contribution in [3.05, 3.63) is 82.4 Å². The maximum Gasteiger partial charge on any atom is -0.00217 e. The van der Waals surface area contributed by atoms with Gasteiger partial charge in [0.05, 0.1) is 0 Å². The van der Waals surface area contributed by atoms with Gasteiger partial charge in [0.25, 0.3) is 0 Å². The van der Waals surface area contributed by atoms with Crippen molar-refractivity contribution in [2.75, 3.05) is 20.6 Å². The molecule has 0 spiro atoms. The minimum Gasteiger partial charge on any atom is -0.309 e. The Morgan fingerprint density at radius 1 is 0.733 bits per heavy atom. The lowest BCUT2D eigenvalue weighted by Gasteiger charge is -2.20. The van der Waals surface area contributed by atoms with Crippen LogP contribution in [0.1, 0.15) is 47.6 Å². The van der Waals surface area contributed by atoms with Crippen LogP contribution in [0.3, 0.4) is 0 Å². The van der Waals surface area contributed by atoms with Crippen LogP contribution in [0.25, 0.3) is 22.3 Å². The van der Waals surface area contributed by atoms with Gasteiger partial charge in [0.1, 0.15) is 0 Å². The Balaban J connectivity index is 2.13. The van der Waals surface area contributed by atoms with Crippen LogP contribution in [0.15, 0.2) is 54.6 Å². The van der Waals surface area contributed by atoms with E-state index in [4.69, 9.17) is 0 Å². The first kappa shape index (κ1) is 22.3. The first-order valence-corrected chi connectivity index (χ1v) is 11.4. The molecule has 0 unspecified atom stereocenters. The van der Waals surface area contributed by atoms with Gasteiger partial charge in [-0.3, -0.25) is 0 Å². The minimum absolute atomic E-state index is 1.10. The highest BCUT2D eigenvalue weighted by Crippen LogP contribution is 2.36. The number of aryl methyl sites for hydroxylation is 4. The molecule has 0 radical (unpaired) electrons. The van der Waals surface area contributed by atoms with E-state index < -0.39 is 0 Å². The van der Waals surface area contributed by atoms with Crippen LogP contribution in [0.4, 0.5) is 0 Å². The summed E-state index contributed by atoms with van der Waals surface area (Å²) in [6.45, 7) is 10.2. The fourth-order valence-corrected chi connectivity index (χ4v) is 4.57. The maximum absolute atomic E-state index is 2.46. The molecule has 158 valence electrons. The van der Waals surface area contributed by atoms with E-state index in [1.54, 1.807) is 0 Å². The standard InChI is InChI=1S/C29H37N/c1-7-12-24-14-10-17-28(23(24)4)26-19-22(3)29(27-16-9-8-13-21(27)2)25(20-26)15-11-18-30(5)6/h8-10,13-14,16-17,19-20H,7,11-12,15,18H2,1-6H3. The third-order valence-corrected chi connectivity index (χ3v) is 6.16. The molecule has 0 aliphatic heterocycles. The molecule has 0 aliphatic carbocycles. The van der Waals surface area contributed by atoms with E-state index in [0.29, 0.717) is 0 Å². The number of rotatable bonds is 8. The minimum atomic E-state index is 1.10. The zero-order valence-corrected chi connectivity index (χ0v) is 19.7. The van der Waals surface area contributed by atoms with Gasteiger partial charge in [0.2, 0.25) is 0 Å². The lowest BCUT2D eigenvalue weighted by molar-refractivity contribution is 0.400. The number of hydrogen-bond donors (Lipinski definition) is 0. The van der Waals surface area contributed by atoms with Crippen LogP contribution in [-0.2, 0) is 12.8 Å². The normalized spacial score (nSPS) is 11.3. The predicted octanol–water partition coefficient (Wildman–Crippen LogP) is 7.39. The summed E-state index contributed by atoms with van der Waals surface area (Å²) >= 11 is 0. The first-order valence-electron chi connectivity index (χ1n) is 11.4. The SMILES string of the molecule is CCCc1cccc(-c2cc(C)c(-c3ccccc3C)c(CCCN(C)C)c2)c1C. The molecule has 3 rings (SSSR count). The summed E-state index contributed by atoms with van der Waals surface area (Å²) < 4.78 is 0. The summed E-state index contributed by atoms with van der Waals surface area (Å²) in [5, 5.41) is 0. The molecule has 0 heterocycles. The average molecular weight is 400 g/mol. The van der Waals surface area contributed by atoms with Crippen LogP contribution in [0.2, 0.25) is 0 Å². The zero-order valence-electron chi connectivity index (χ0n) is 19.7. The van der Waals surface area contributed by atoms with E-state index in [9.17, 15) is 0 Å². The molecular formula is C29H37N. The van der Waals surface area contributed by atoms with E-state index in [0.717, 1.165) is 19.4 Å². The van der Waals surface area contributed by atoms with Crippen molar-refractivity contribution in [2.24, 2.45) is 0 Å². The lowest BCUT2D eigenvalue weighted by Crippen LogP contribution is -2.13. The Kier molecular flexibility index (Phi) is 7.50. The molecule has 0 aromatic heterocycles. The van der Waals surface area contributed by atoms with Gasteiger partial charge < -0.3 is 4.90 Å². The van der Waals surface area contributed by atoms with Gasteiger partial charge in [-0.2, -0.15) is 0 Å². The monoisotopic (exact) mass is 399 g/mol. The quantitative estimate of drug-likeness (QED) is 0.381. The van der Waals surface area contributed by atoms with Crippen LogP contribution in [0.5, 0.6) is 0 Å². The molecular weight excluding hydrogens is 362 g/mol. The van der Waals surface area contributed by atoms with Crippen LogP contribution < -0.4 is 0 Å². The van der Waals surface area contributed by atoms with E-state index in [-0.39, 0.29) is 0 Å². The molecule has 1 heteroatoms. The largest absolute Gasteiger partial charge is 0.309 e. The van der Waals surface area contributed by atoms with E-state index >= 15 is 0 Å². The summed E-state index contributed by atoms with van der Waals surface area (Å²) in [6, 6.07) is 20.5. The van der Waals surface area contributed by atoms with Crippen LogP contribution in [0, 0.1) is 20.8 Å². The number of benzene rings is 3. The smallest absolute Gasteiger partial charge is 0.00217 e. The molecule has 0 saturated carbocycles. The van der Waals surface area contributed by atoms with E-state index in [1.165, 1.54) is 62.9 Å². The third kappa shape index (κ3) is 5.02. The molecule has 0 bridgehead atoms. The second-order valence-electron chi connectivity index (χ2n) is 8.89. The summed E-state index contributed by atoms with van der Waals surface area (Å²) in [7, 11) is 4.32. The second-order valence-corrected chi connectivity index (χ2v) is 8.89. The Bertz CT molecular complexity index is 997. The molecule has 0 saturated heterocycles. The highest BCUT2D eigenvalue weighted by atomic mass is 15.0. The molecule has 0 aliphatic rings. The molecule has 30 heavy (non-hydrogen) atoms. The second kappa shape index (κ2) is 10.1. The van der Waals surface area contributed by atoms with Crippen LogP contribution >= 0.6 is 0 Å². The predicted molar refractivity (Wildman–Crippen MR) is 132 cm³/mol. The first-order chi connectivity index (χ1) is 14.4. The van der Waals surface area contributed by atoms with E-state index in [2.05, 4.69) is 101 Å². The van der Waals surface area contributed by atoms with Crippen molar-refractivity contribution in [3.8, 4) is 22.3 Å². The van der Waals surface area contributed by atoms with Crippen molar-refractivity contribution < 1.29 is 0 Å². The van der Waals surface area contributed by atoms with Gasteiger partial charge in [-0.25, -0.2) is 0 Å². The molecule has 0 atom stereocenters. The molecule has 3 aromatic carbocycles. The molecule has 1 nitrogen and oxygen atoms in total. The number of hydrogen-bond acceptors (Lipinski definition) is 1. The van der Waals surface area contributed by atoms with Crippen molar-refractivity contribution in [1.29, 1.82) is 0 Å². The topological polar surface area (TPSA) is 3.24 Å². The van der Waals surface area contributed by atoms with Gasteiger partial charge in [-0.1, -0.05) is 67.9 Å². The molecule has 0 N–H and O–H groups in total. The fourth-order valence-electron chi connectivity index (χ4n) is 4.57. The summed E-state index contributed by atoms with van der Waals surface area (Å²) in [5.41, 5.74) is 12.7. The van der Waals surface area contributed by atoms with Gasteiger partial charge in [-0.05, 0) is 111 Å². The van der Waals surface area contributed by atoms with Crippen molar-refractivity contribution in [2.45, 2.75) is 53.4 Å². The zero-order chi connectivity index (χ0) is 21.7. The Morgan fingerprint density at radius 2 is 1.47 bits per heavy atom. The summed E-state index contributed by atoms with van der Waals surface area (Å²) in [5.74, 6) is 0. The Hall–Kier alpha value is -2.38. The van der Waals surface area contributed by atoms with Gasteiger partial charge >= 0.3 is 0 Å². The molecule has 0 fully saturated rings. The van der Waals surface area contributed by atoms with Gasteiger partial charge in [0.15, 0.2) is 0 Å². The summed E-state index contributed by atoms with van der Waals surface area (Å²) in [6.07, 6.45) is 4.61. The number of nitrogens with zero attached hydrogens (tertiary/aromatic N) is 1. The summed E-state index contributed by atoms with van der Waals surface area (Å²) in [4.78, 5) is 2.28. The molecule has 0 amide bonds. The van der Waals surface area contributed by atoms with Crippen molar-refractivity contribution in [3.63, 3.8) is 0 Å². The maximum atomic E-state index is 2.46. The highest BCUT2D eigenvalue weighted by molar-refractivity contribution is 5.79. The van der Waals surface area contributed by atoms with Crippen molar-refractivity contribution in [1.82, 2.24) is 4.90 Å². The molecule has 3 aromatic rings. The van der Waals surface area contributed by atoms with Gasteiger partial charge in [0, 0.05) is 0 Å². The van der Waals surface area contributed by atoms with Crippen molar-refractivity contribution >= 4 is 0 Å². The average Bonchev–Trinajstić information content (AvgIpc) is 2.70. The van der Waals surface area contributed by atoms with Crippen LogP contribution in [-0.4, -0.2) is 25.5 Å². The Labute approximate surface area is 183 Å².